The number of hydrogen-bond donors (Lipinski definition) is 0. The number of rotatable bonds is 42. The molecule has 314 valence electrons. The van der Waals surface area contributed by atoms with E-state index < -0.39 is 6.10 Å². The Morgan fingerprint density at radius 3 is 0.981 bits per heavy atom. The van der Waals surface area contributed by atoms with Crippen molar-refractivity contribution in [3.05, 3.63) is 0 Å². The molecule has 0 radical (unpaired) electrons. The molecule has 0 bridgehead atoms. The van der Waals surface area contributed by atoms with Gasteiger partial charge in [-0.25, -0.2) is 0 Å². The summed E-state index contributed by atoms with van der Waals surface area (Å²) in [6.07, 6.45) is 40.7. The van der Waals surface area contributed by atoms with Crippen molar-refractivity contribution in [2.24, 2.45) is 5.92 Å². The first-order valence-corrected chi connectivity index (χ1v) is 23.4. The summed E-state index contributed by atoms with van der Waals surface area (Å²) in [6.45, 7) is 9.01. The maximum Gasteiger partial charge on any atom is 0.306 e. The molecule has 6 heteroatoms. The third-order valence-electron chi connectivity index (χ3n) is 10.9. The fourth-order valence-electron chi connectivity index (χ4n) is 6.95. The minimum Gasteiger partial charge on any atom is -0.462 e. The van der Waals surface area contributed by atoms with Gasteiger partial charge in [-0.3, -0.25) is 14.4 Å². The fraction of sp³-hybridized carbons (Fsp3) is 0.936. The third kappa shape index (κ3) is 39.9. The van der Waals surface area contributed by atoms with E-state index in [1.54, 1.807) is 0 Å². The number of carbonyl (C=O) groups excluding carboxylic acids is 3. The molecule has 0 aromatic carbocycles. The van der Waals surface area contributed by atoms with Gasteiger partial charge in [-0.2, -0.15) is 0 Å². The van der Waals surface area contributed by atoms with Crippen molar-refractivity contribution < 1.29 is 28.6 Å². The number of carbonyl (C=O) groups is 3. The van der Waals surface area contributed by atoms with Crippen molar-refractivity contribution in [3.63, 3.8) is 0 Å². The van der Waals surface area contributed by atoms with Gasteiger partial charge in [-0.15, -0.1) is 0 Å². The van der Waals surface area contributed by atoms with E-state index in [0.717, 1.165) is 63.7 Å². The predicted molar refractivity (Wildman–Crippen MR) is 224 cm³/mol. The minimum atomic E-state index is -0.759. The van der Waals surface area contributed by atoms with Crippen LogP contribution in [-0.2, 0) is 28.6 Å². The Morgan fingerprint density at radius 1 is 0.377 bits per heavy atom. The van der Waals surface area contributed by atoms with E-state index in [0.29, 0.717) is 19.3 Å². The van der Waals surface area contributed by atoms with Gasteiger partial charge >= 0.3 is 17.9 Å². The smallest absolute Gasteiger partial charge is 0.306 e. The van der Waals surface area contributed by atoms with Gasteiger partial charge in [-0.05, 0) is 25.2 Å². The molecule has 1 unspecified atom stereocenters. The van der Waals surface area contributed by atoms with Crippen molar-refractivity contribution in [2.75, 3.05) is 13.2 Å². The van der Waals surface area contributed by atoms with Crippen LogP contribution in [0, 0.1) is 5.92 Å². The van der Waals surface area contributed by atoms with E-state index in [4.69, 9.17) is 14.2 Å². The lowest BCUT2D eigenvalue weighted by Crippen LogP contribution is -2.30. The molecule has 0 aliphatic rings. The Balaban J connectivity index is 4.33. The molecule has 0 saturated heterocycles. The lowest BCUT2D eigenvalue weighted by atomic mass is 9.99. The predicted octanol–water partition coefficient (Wildman–Crippen LogP) is 14.7. The molecule has 0 aliphatic carbocycles. The van der Waals surface area contributed by atoms with Gasteiger partial charge in [0.1, 0.15) is 13.2 Å². The van der Waals surface area contributed by atoms with Crippen LogP contribution in [0.25, 0.3) is 0 Å². The van der Waals surface area contributed by atoms with Crippen molar-refractivity contribution in [2.45, 2.75) is 265 Å². The Hall–Kier alpha value is -1.59. The molecule has 0 fully saturated rings. The normalized spacial score (nSPS) is 12.5. The largest absolute Gasteiger partial charge is 0.462 e. The van der Waals surface area contributed by atoms with E-state index >= 15 is 0 Å². The second-order valence-electron chi connectivity index (χ2n) is 16.3. The zero-order valence-electron chi connectivity index (χ0n) is 36.0. The first-order chi connectivity index (χ1) is 25.9. The highest BCUT2D eigenvalue weighted by molar-refractivity contribution is 5.71. The maximum atomic E-state index is 12.7. The maximum absolute atomic E-state index is 12.7. The van der Waals surface area contributed by atoms with Gasteiger partial charge in [0, 0.05) is 19.3 Å². The standard InChI is InChI=1S/C47H90O6/c1-5-8-10-12-14-16-18-23-27-31-35-39-46(49)52-42-44(41-51-45(48)38-34-30-26-22-17-15-13-11-9-6-2)53-47(50)40-36-32-28-24-20-19-21-25-29-33-37-43(4)7-3/h43-44H,5-42H2,1-4H3/t43?,44-/m0/s1. The van der Waals surface area contributed by atoms with E-state index in [9.17, 15) is 14.4 Å². The van der Waals surface area contributed by atoms with Crippen LogP contribution in [0.1, 0.15) is 259 Å². The molecule has 0 heterocycles. The van der Waals surface area contributed by atoms with Crippen molar-refractivity contribution >= 4 is 17.9 Å². The summed E-state index contributed by atoms with van der Waals surface area (Å²) in [5.41, 5.74) is 0. The zero-order chi connectivity index (χ0) is 38.9. The van der Waals surface area contributed by atoms with E-state index in [1.807, 2.05) is 0 Å². The molecule has 0 amide bonds. The number of esters is 3. The van der Waals surface area contributed by atoms with Gasteiger partial charge < -0.3 is 14.2 Å². The summed E-state index contributed by atoms with van der Waals surface area (Å²) in [5.74, 6) is 0.0134. The third-order valence-corrected chi connectivity index (χ3v) is 10.9. The van der Waals surface area contributed by atoms with Crippen LogP contribution in [0.5, 0.6) is 0 Å². The average molecular weight is 751 g/mol. The van der Waals surface area contributed by atoms with Gasteiger partial charge in [-0.1, -0.05) is 220 Å². The summed E-state index contributed by atoms with van der Waals surface area (Å²) in [7, 11) is 0. The lowest BCUT2D eigenvalue weighted by Gasteiger charge is -2.18. The Kier molecular flexibility index (Phi) is 40.3. The van der Waals surface area contributed by atoms with E-state index in [2.05, 4.69) is 27.7 Å². The molecule has 2 atom stereocenters. The summed E-state index contributed by atoms with van der Waals surface area (Å²) in [4.78, 5) is 37.7. The lowest BCUT2D eigenvalue weighted by molar-refractivity contribution is -0.167. The van der Waals surface area contributed by atoms with Crippen LogP contribution in [0.15, 0.2) is 0 Å². The number of hydrogen-bond acceptors (Lipinski definition) is 6. The second kappa shape index (κ2) is 41.6. The summed E-state index contributed by atoms with van der Waals surface area (Å²) in [6, 6.07) is 0. The SMILES string of the molecule is CCCCCCCCCCCCCC(=O)OC[C@H](COC(=O)CCCCCCCCCCCC)OC(=O)CCCCCCCCCCCCC(C)CC. The van der Waals surface area contributed by atoms with Crippen LogP contribution in [-0.4, -0.2) is 37.2 Å². The Bertz CT molecular complexity index is 798. The molecule has 6 nitrogen and oxygen atoms in total. The highest BCUT2D eigenvalue weighted by Crippen LogP contribution is 2.17. The number of ether oxygens (including phenoxy) is 3. The van der Waals surface area contributed by atoms with E-state index in [1.165, 1.54) is 154 Å². The summed E-state index contributed by atoms with van der Waals surface area (Å²) in [5, 5.41) is 0. The molecule has 0 saturated carbocycles. The van der Waals surface area contributed by atoms with Gasteiger partial charge in [0.15, 0.2) is 6.10 Å². The molecule has 53 heavy (non-hydrogen) atoms. The molecule has 0 spiro atoms. The summed E-state index contributed by atoms with van der Waals surface area (Å²) < 4.78 is 16.7. The first-order valence-electron chi connectivity index (χ1n) is 23.4. The average Bonchev–Trinajstić information content (AvgIpc) is 3.15. The highest BCUT2D eigenvalue weighted by Gasteiger charge is 2.19. The molecular weight excluding hydrogens is 661 g/mol. The molecule has 0 rings (SSSR count). The molecule has 0 aromatic rings. The topological polar surface area (TPSA) is 78.9 Å². The van der Waals surface area contributed by atoms with Crippen molar-refractivity contribution in [1.29, 1.82) is 0 Å². The van der Waals surface area contributed by atoms with Crippen LogP contribution in [0.3, 0.4) is 0 Å². The summed E-state index contributed by atoms with van der Waals surface area (Å²) >= 11 is 0. The van der Waals surface area contributed by atoms with E-state index in [-0.39, 0.29) is 31.1 Å². The van der Waals surface area contributed by atoms with Crippen LogP contribution < -0.4 is 0 Å². The van der Waals surface area contributed by atoms with Crippen molar-refractivity contribution in [3.8, 4) is 0 Å². The van der Waals surface area contributed by atoms with Gasteiger partial charge in [0.05, 0.1) is 0 Å². The second-order valence-corrected chi connectivity index (χ2v) is 16.3. The molecule has 0 aliphatic heterocycles. The highest BCUT2D eigenvalue weighted by atomic mass is 16.6. The quantitative estimate of drug-likeness (QED) is 0.0351. The molecular formula is C47H90O6. The zero-order valence-corrected chi connectivity index (χ0v) is 36.0. The van der Waals surface area contributed by atoms with Gasteiger partial charge in [0.2, 0.25) is 0 Å². The first kappa shape index (κ1) is 51.4. The Labute approximate surface area is 329 Å². The fourth-order valence-corrected chi connectivity index (χ4v) is 6.95. The Morgan fingerprint density at radius 2 is 0.660 bits per heavy atom. The number of unbranched alkanes of at least 4 members (excludes halogenated alkanes) is 28. The molecule has 0 aromatic heterocycles. The monoisotopic (exact) mass is 751 g/mol. The van der Waals surface area contributed by atoms with Gasteiger partial charge in [0.25, 0.3) is 0 Å². The van der Waals surface area contributed by atoms with Crippen LogP contribution in [0.4, 0.5) is 0 Å². The van der Waals surface area contributed by atoms with Crippen LogP contribution >= 0.6 is 0 Å². The van der Waals surface area contributed by atoms with Crippen molar-refractivity contribution in [1.82, 2.24) is 0 Å². The minimum absolute atomic E-state index is 0.0637. The molecule has 0 N–H and O–H groups in total. The van der Waals surface area contributed by atoms with Crippen LogP contribution in [0.2, 0.25) is 0 Å².